The Kier molecular flexibility index (Phi) is 2.62. The lowest BCUT2D eigenvalue weighted by Gasteiger charge is -2.24. The Balaban J connectivity index is 2.35. The molecule has 2 N–H and O–H groups in total. The highest BCUT2D eigenvalue weighted by Gasteiger charge is 2.43. The van der Waals surface area contributed by atoms with Crippen molar-refractivity contribution >= 4 is 22.5 Å². The van der Waals surface area contributed by atoms with E-state index in [0.717, 1.165) is 5.01 Å². The smallest absolute Gasteiger partial charge is 0.326 e. The van der Waals surface area contributed by atoms with E-state index in [1.54, 1.807) is 6.92 Å². The predicted octanol–water partition coefficient (Wildman–Crippen LogP) is 1.07. The van der Waals surface area contributed by atoms with Gasteiger partial charge in [0.2, 0.25) is 5.13 Å². The van der Waals surface area contributed by atoms with Crippen LogP contribution in [0.25, 0.3) is 0 Å². The Labute approximate surface area is 104 Å². The van der Waals surface area contributed by atoms with E-state index >= 15 is 0 Å². The largest absolute Gasteiger partial charge is 0.369 e. The van der Waals surface area contributed by atoms with Crippen LogP contribution in [-0.2, 0) is 5.41 Å². The lowest BCUT2D eigenvalue weighted by atomic mass is 9.98. The van der Waals surface area contributed by atoms with Gasteiger partial charge >= 0.3 is 6.03 Å². The molecule has 1 atom stereocenters. The van der Waals surface area contributed by atoms with E-state index in [2.05, 4.69) is 15.5 Å². The van der Waals surface area contributed by atoms with Crippen molar-refractivity contribution in [3.8, 4) is 0 Å². The standard InChI is InChI=1S/C10H16N4O2S/c1-9(2,3)6-12-13-8(17-6)14-7(15)11-5-10(14,4)16/h16H,5H2,1-4H3,(H,11,15). The summed E-state index contributed by atoms with van der Waals surface area (Å²) in [5, 5.41) is 22.0. The number of anilines is 1. The third kappa shape index (κ3) is 2.12. The first kappa shape index (κ1) is 12.3. The molecule has 0 aliphatic carbocycles. The average molecular weight is 256 g/mol. The summed E-state index contributed by atoms with van der Waals surface area (Å²) in [5.74, 6) is 0. The highest BCUT2D eigenvalue weighted by atomic mass is 32.1. The SMILES string of the molecule is CC(C)(C)c1nnc(N2C(=O)NCC2(C)O)s1. The molecule has 1 aliphatic heterocycles. The van der Waals surface area contributed by atoms with Gasteiger partial charge in [-0.25, -0.2) is 9.69 Å². The van der Waals surface area contributed by atoms with Gasteiger partial charge in [0.1, 0.15) is 5.01 Å². The van der Waals surface area contributed by atoms with E-state index in [1.165, 1.54) is 16.2 Å². The number of carbonyl (C=O) groups is 1. The number of urea groups is 1. The third-order valence-electron chi connectivity index (χ3n) is 2.51. The molecule has 1 saturated heterocycles. The minimum absolute atomic E-state index is 0.113. The lowest BCUT2D eigenvalue weighted by molar-refractivity contribution is 0.0857. The number of rotatable bonds is 1. The van der Waals surface area contributed by atoms with Crippen LogP contribution in [0.2, 0.25) is 0 Å². The Morgan fingerprint density at radius 1 is 1.47 bits per heavy atom. The highest BCUT2D eigenvalue weighted by molar-refractivity contribution is 7.15. The van der Waals surface area contributed by atoms with Crippen molar-refractivity contribution in [1.29, 1.82) is 0 Å². The van der Waals surface area contributed by atoms with Gasteiger partial charge in [0.25, 0.3) is 0 Å². The van der Waals surface area contributed by atoms with Crippen molar-refractivity contribution in [2.24, 2.45) is 0 Å². The zero-order valence-electron chi connectivity index (χ0n) is 10.3. The second kappa shape index (κ2) is 3.64. The monoisotopic (exact) mass is 256 g/mol. The maximum atomic E-state index is 11.6. The van der Waals surface area contributed by atoms with Crippen LogP contribution in [0.1, 0.15) is 32.7 Å². The van der Waals surface area contributed by atoms with Crippen LogP contribution < -0.4 is 10.2 Å². The van der Waals surface area contributed by atoms with Crippen LogP contribution in [-0.4, -0.2) is 33.6 Å². The Morgan fingerprint density at radius 2 is 2.12 bits per heavy atom. The number of β-amino-alcohol motifs (C(OH)–C–C–N with tert-alkyl or cyclic N) is 1. The summed E-state index contributed by atoms with van der Waals surface area (Å²) in [6.07, 6.45) is 0. The molecule has 2 amide bonds. The van der Waals surface area contributed by atoms with Crippen LogP contribution in [0.4, 0.5) is 9.93 Å². The summed E-state index contributed by atoms with van der Waals surface area (Å²) in [6.45, 7) is 7.85. The van der Waals surface area contributed by atoms with Gasteiger partial charge in [-0.15, -0.1) is 10.2 Å². The number of carbonyl (C=O) groups excluding carboxylic acids is 1. The Hall–Kier alpha value is -1.21. The van der Waals surface area contributed by atoms with E-state index in [9.17, 15) is 9.90 Å². The van der Waals surface area contributed by atoms with Gasteiger partial charge in [-0.2, -0.15) is 0 Å². The van der Waals surface area contributed by atoms with E-state index < -0.39 is 5.72 Å². The zero-order valence-corrected chi connectivity index (χ0v) is 11.1. The van der Waals surface area contributed by atoms with Gasteiger partial charge in [0.05, 0.1) is 6.54 Å². The number of aliphatic hydroxyl groups is 1. The highest BCUT2D eigenvalue weighted by Crippen LogP contribution is 2.33. The summed E-state index contributed by atoms with van der Waals surface area (Å²) in [4.78, 5) is 12.9. The maximum Gasteiger partial charge on any atom is 0.326 e. The fourth-order valence-corrected chi connectivity index (χ4v) is 2.54. The van der Waals surface area contributed by atoms with Crippen LogP contribution in [0.5, 0.6) is 0 Å². The molecule has 0 aromatic carbocycles. The minimum atomic E-state index is -1.24. The Bertz CT molecular complexity index is 449. The molecular formula is C10H16N4O2S. The van der Waals surface area contributed by atoms with Crippen molar-refractivity contribution in [3.63, 3.8) is 0 Å². The third-order valence-corrected chi connectivity index (χ3v) is 3.84. The van der Waals surface area contributed by atoms with Gasteiger partial charge in [-0.3, -0.25) is 0 Å². The van der Waals surface area contributed by atoms with Crippen LogP contribution in [0, 0.1) is 0 Å². The summed E-state index contributed by atoms with van der Waals surface area (Å²) < 4.78 is 0. The topological polar surface area (TPSA) is 78.4 Å². The molecule has 1 aromatic rings. The molecule has 1 unspecified atom stereocenters. The number of amides is 2. The minimum Gasteiger partial charge on any atom is -0.369 e. The molecule has 2 rings (SSSR count). The quantitative estimate of drug-likeness (QED) is 0.788. The van der Waals surface area contributed by atoms with Crippen LogP contribution in [0.15, 0.2) is 0 Å². The molecule has 0 radical (unpaired) electrons. The molecule has 1 aromatic heterocycles. The first-order valence-electron chi connectivity index (χ1n) is 5.36. The molecular weight excluding hydrogens is 240 g/mol. The summed E-state index contributed by atoms with van der Waals surface area (Å²) >= 11 is 1.33. The Morgan fingerprint density at radius 3 is 2.53 bits per heavy atom. The van der Waals surface area contributed by atoms with E-state index in [-0.39, 0.29) is 18.0 Å². The molecule has 0 spiro atoms. The molecule has 1 aliphatic rings. The molecule has 1 fully saturated rings. The van der Waals surface area contributed by atoms with Gasteiger partial charge in [-0.05, 0) is 6.92 Å². The molecule has 0 saturated carbocycles. The predicted molar refractivity (Wildman–Crippen MR) is 65.1 cm³/mol. The zero-order chi connectivity index (χ0) is 12.8. The first-order chi connectivity index (χ1) is 7.72. The molecule has 2 heterocycles. The van der Waals surface area contributed by atoms with E-state index in [0.29, 0.717) is 5.13 Å². The second-order valence-corrected chi connectivity index (χ2v) is 6.31. The number of aromatic nitrogens is 2. The summed E-state index contributed by atoms with van der Waals surface area (Å²) in [6, 6.07) is -0.341. The van der Waals surface area contributed by atoms with Gasteiger partial charge < -0.3 is 10.4 Å². The fourth-order valence-electron chi connectivity index (χ4n) is 1.52. The van der Waals surface area contributed by atoms with Crippen molar-refractivity contribution < 1.29 is 9.90 Å². The number of hydrogen-bond donors (Lipinski definition) is 2. The van der Waals surface area contributed by atoms with Crippen molar-refractivity contribution in [3.05, 3.63) is 5.01 Å². The number of nitrogens with zero attached hydrogens (tertiary/aromatic N) is 3. The van der Waals surface area contributed by atoms with Crippen LogP contribution >= 0.6 is 11.3 Å². The molecule has 94 valence electrons. The average Bonchev–Trinajstić information content (AvgIpc) is 2.70. The van der Waals surface area contributed by atoms with Crippen molar-refractivity contribution in [1.82, 2.24) is 15.5 Å². The molecule has 17 heavy (non-hydrogen) atoms. The number of nitrogens with one attached hydrogen (secondary N) is 1. The van der Waals surface area contributed by atoms with Gasteiger partial charge in [-0.1, -0.05) is 32.1 Å². The first-order valence-corrected chi connectivity index (χ1v) is 6.18. The van der Waals surface area contributed by atoms with Crippen molar-refractivity contribution in [2.45, 2.75) is 38.8 Å². The normalized spacial score (nSPS) is 25.2. The molecule has 7 heteroatoms. The van der Waals surface area contributed by atoms with Gasteiger partial charge in [0.15, 0.2) is 5.72 Å². The molecule has 0 bridgehead atoms. The lowest BCUT2D eigenvalue weighted by Crippen LogP contribution is -2.44. The van der Waals surface area contributed by atoms with Gasteiger partial charge in [0, 0.05) is 5.41 Å². The van der Waals surface area contributed by atoms with Crippen LogP contribution in [0.3, 0.4) is 0 Å². The summed E-state index contributed by atoms with van der Waals surface area (Å²) in [7, 11) is 0. The second-order valence-electron chi connectivity index (χ2n) is 5.35. The molecule has 6 nitrogen and oxygen atoms in total. The fraction of sp³-hybridized carbons (Fsp3) is 0.700. The summed E-state index contributed by atoms with van der Waals surface area (Å²) in [5.41, 5.74) is -1.36. The number of hydrogen-bond acceptors (Lipinski definition) is 5. The van der Waals surface area contributed by atoms with E-state index in [1.807, 2.05) is 20.8 Å². The van der Waals surface area contributed by atoms with E-state index in [4.69, 9.17) is 0 Å². The van der Waals surface area contributed by atoms with Crippen molar-refractivity contribution in [2.75, 3.05) is 11.4 Å². The maximum absolute atomic E-state index is 11.6.